The predicted octanol–water partition coefficient (Wildman–Crippen LogP) is 2.07. The van der Waals surface area contributed by atoms with Crippen LogP contribution >= 0.6 is 0 Å². The van der Waals surface area contributed by atoms with Gasteiger partial charge >= 0.3 is 5.97 Å². The molecule has 1 aromatic rings. The SMILES string of the molecule is CCc1ccc(NC(=O)[C@@H](C)OC(=O)CN2C(=O)[C@H]3CC=CC[C@@H]3C2=O)cc1. The number of esters is 1. The zero-order valence-corrected chi connectivity index (χ0v) is 16.0. The first kappa shape index (κ1) is 19.8. The van der Waals surface area contributed by atoms with E-state index in [2.05, 4.69) is 5.32 Å². The number of imide groups is 1. The Morgan fingerprint density at radius 3 is 2.21 bits per heavy atom. The fourth-order valence-corrected chi connectivity index (χ4v) is 3.51. The highest BCUT2D eigenvalue weighted by molar-refractivity contribution is 6.07. The maximum atomic E-state index is 12.4. The van der Waals surface area contributed by atoms with Crippen LogP contribution in [0.15, 0.2) is 36.4 Å². The number of carbonyl (C=O) groups is 4. The van der Waals surface area contributed by atoms with Crippen LogP contribution in [0.4, 0.5) is 5.69 Å². The van der Waals surface area contributed by atoms with Crippen molar-refractivity contribution in [2.75, 3.05) is 11.9 Å². The third-order valence-corrected chi connectivity index (χ3v) is 5.19. The van der Waals surface area contributed by atoms with Crippen LogP contribution in [-0.2, 0) is 30.3 Å². The molecule has 2 aliphatic rings. The summed E-state index contributed by atoms with van der Waals surface area (Å²) in [6.07, 6.45) is 4.64. The molecule has 1 aliphatic carbocycles. The number of benzene rings is 1. The molecule has 0 radical (unpaired) electrons. The summed E-state index contributed by atoms with van der Waals surface area (Å²) in [6.45, 7) is 3.02. The van der Waals surface area contributed by atoms with E-state index in [1.807, 2.05) is 31.2 Å². The highest BCUT2D eigenvalue weighted by atomic mass is 16.5. The second-order valence-electron chi connectivity index (χ2n) is 7.09. The van der Waals surface area contributed by atoms with E-state index in [1.54, 1.807) is 12.1 Å². The van der Waals surface area contributed by atoms with Gasteiger partial charge in [-0.25, -0.2) is 0 Å². The highest BCUT2D eigenvalue weighted by Gasteiger charge is 2.47. The Morgan fingerprint density at radius 2 is 1.68 bits per heavy atom. The molecule has 28 heavy (non-hydrogen) atoms. The van der Waals surface area contributed by atoms with Crippen molar-refractivity contribution in [3.05, 3.63) is 42.0 Å². The summed E-state index contributed by atoms with van der Waals surface area (Å²) in [5.74, 6) is -2.73. The lowest BCUT2D eigenvalue weighted by Gasteiger charge is -2.17. The number of amides is 3. The van der Waals surface area contributed by atoms with Gasteiger partial charge in [0.1, 0.15) is 6.54 Å². The Kier molecular flexibility index (Phi) is 5.92. The zero-order chi connectivity index (χ0) is 20.3. The van der Waals surface area contributed by atoms with Crippen LogP contribution in [-0.4, -0.2) is 41.2 Å². The molecule has 7 heteroatoms. The lowest BCUT2D eigenvalue weighted by atomic mass is 9.85. The largest absolute Gasteiger partial charge is 0.451 e. The van der Waals surface area contributed by atoms with Gasteiger partial charge in [0, 0.05) is 5.69 Å². The lowest BCUT2D eigenvalue weighted by molar-refractivity contribution is -0.158. The standard InChI is InChI=1S/C21H24N2O5/c1-3-14-8-10-15(11-9-14)22-19(25)13(2)28-18(24)12-23-20(26)16-6-4-5-7-17(16)21(23)27/h4-5,8-11,13,16-17H,3,6-7,12H2,1-2H3,(H,22,25)/t13-,16+,17+/m1/s1. The zero-order valence-electron chi connectivity index (χ0n) is 16.0. The number of rotatable bonds is 6. The maximum Gasteiger partial charge on any atom is 0.326 e. The Labute approximate surface area is 163 Å². The number of allylic oxidation sites excluding steroid dienone is 2. The van der Waals surface area contributed by atoms with Gasteiger partial charge in [-0.1, -0.05) is 31.2 Å². The van der Waals surface area contributed by atoms with Crippen molar-refractivity contribution in [1.82, 2.24) is 4.90 Å². The molecule has 1 fully saturated rings. The minimum absolute atomic E-state index is 0.343. The van der Waals surface area contributed by atoms with Gasteiger partial charge < -0.3 is 10.1 Å². The van der Waals surface area contributed by atoms with Crippen LogP contribution in [0.5, 0.6) is 0 Å². The number of aryl methyl sites for hydroxylation is 1. The Hall–Kier alpha value is -2.96. The lowest BCUT2D eigenvalue weighted by Crippen LogP contribution is -2.39. The number of ether oxygens (including phenoxy) is 1. The van der Waals surface area contributed by atoms with Gasteiger partial charge in [0.05, 0.1) is 11.8 Å². The fraction of sp³-hybridized carbons (Fsp3) is 0.429. The number of nitrogens with zero attached hydrogens (tertiary/aromatic N) is 1. The molecule has 0 aromatic heterocycles. The van der Waals surface area contributed by atoms with Gasteiger partial charge in [-0.05, 0) is 43.9 Å². The van der Waals surface area contributed by atoms with Crippen molar-refractivity contribution in [3.63, 3.8) is 0 Å². The van der Waals surface area contributed by atoms with Crippen LogP contribution in [0.1, 0.15) is 32.3 Å². The molecule has 1 saturated heterocycles. The Bertz CT molecular complexity index is 789. The quantitative estimate of drug-likeness (QED) is 0.460. The number of likely N-dealkylation sites (tertiary alicyclic amines) is 1. The molecule has 1 aliphatic heterocycles. The van der Waals surface area contributed by atoms with Crippen molar-refractivity contribution < 1.29 is 23.9 Å². The Balaban J connectivity index is 1.53. The van der Waals surface area contributed by atoms with E-state index in [9.17, 15) is 19.2 Å². The molecule has 0 bridgehead atoms. The molecule has 1 aromatic carbocycles. The summed E-state index contributed by atoms with van der Waals surface area (Å²) >= 11 is 0. The van der Waals surface area contributed by atoms with Crippen molar-refractivity contribution in [3.8, 4) is 0 Å². The molecule has 3 rings (SSSR count). The number of carbonyl (C=O) groups excluding carboxylic acids is 4. The second kappa shape index (κ2) is 8.37. The van der Waals surface area contributed by atoms with E-state index < -0.39 is 36.4 Å². The number of anilines is 1. The van der Waals surface area contributed by atoms with Gasteiger partial charge in [0.15, 0.2) is 6.10 Å². The molecule has 148 valence electrons. The third-order valence-electron chi connectivity index (χ3n) is 5.19. The van der Waals surface area contributed by atoms with Gasteiger partial charge in [-0.3, -0.25) is 24.1 Å². The molecule has 0 saturated carbocycles. The second-order valence-corrected chi connectivity index (χ2v) is 7.09. The topological polar surface area (TPSA) is 92.8 Å². The van der Waals surface area contributed by atoms with Crippen molar-refractivity contribution in [2.24, 2.45) is 11.8 Å². The monoisotopic (exact) mass is 384 g/mol. The predicted molar refractivity (Wildman–Crippen MR) is 102 cm³/mol. The number of fused-ring (bicyclic) bond motifs is 1. The molecule has 1 N–H and O–H groups in total. The molecular formula is C21H24N2O5. The first-order valence-corrected chi connectivity index (χ1v) is 9.50. The average Bonchev–Trinajstić information content (AvgIpc) is 2.93. The third kappa shape index (κ3) is 4.13. The molecule has 3 amide bonds. The van der Waals surface area contributed by atoms with Crippen molar-refractivity contribution in [1.29, 1.82) is 0 Å². The van der Waals surface area contributed by atoms with E-state index >= 15 is 0 Å². The van der Waals surface area contributed by atoms with Gasteiger partial charge in [-0.15, -0.1) is 0 Å². The number of hydrogen-bond acceptors (Lipinski definition) is 5. The van der Waals surface area contributed by atoms with Crippen LogP contribution < -0.4 is 5.32 Å². The minimum atomic E-state index is -1.05. The van der Waals surface area contributed by atoms with Gasteiger partial charge in [-0.2, -0.15) is 0 Å². The normalized spacial score (nSPS) is 22.0. The number of hydrogen-bond donors (Lipinski definition) is 1. The molecule has 0 spiro atoms. The van der Waals surface area contributed by atoms with Crippen LogP contribution in [0.3, 0.4) is 0 Å². The van der Waals surface area contributed by atoms with Crippen LogP contribution in [0.2, 0.25) is 0 Å². The van der Waals surface area contributed by atoms with Crippen molar-refractivity contribution in [2.45, 2.75) is 39.2 Å². The average molecular weight is 384 g/mol. The molecule has 1 heterocycles. The summed E-state index contributed by atoms with van der Waals surface area (Å²) in [4.78, 5) is 50.1. The summed E-state index contributed by atoms with van der Waals surface area (Å²) in [5, 5.41) is 2.68. The number of nitrogens with one attached hydrogen (secondary N) is 1. The smallest absolute Gasteiger partial charge is 0.326 e. The van der Waals surface area contributed by atoms with E-state index in [0.717, 1.165) is 16.9 Å². The summed E-state index contributed by atoms with van der Waals surface area (Å²) in [7, 11) is 0. The summed E-state index contributed by atoms with van der Waals surface area (Å²) in [5.41, 5.74) is 1.75. The summed E-state index contributed by atoms with van der Waals surface area (Å²) < 4.78 is 5.13. The van der Waals surface area contributed by atoms with E-state index in [0.29, 0.717) is 18.5 Å². The van der Waals surface area contributed by atoms with E-state index in [-0.39, 0.29) is 11.8 Å². The van der Waals surface area contributed by atoms with E-state index in [1.165, 1.54) is 6.92 Å². The summed E-state index contributed by atoms with van der Waals surface area (Å²) in [6, 6.07) is 7.38. The van der Waals surface area contributed by atoms with E-state index in [4.69, 9.17) is 4.74 Å². The van der Waals surface area contributed by atoms with Crippen molar-refractivity contribution >= 4 is 29.4 Å². The molecule has 0 unspecified atom stereocenters. The highest BCUT2D eigenvalue weighted by Crippen LogP contribution is 2.34. The fourth-order valence-electron chi connectivity index (χ4n) is 3.51. The first-order chi connectivity index (χ1) is 13.4. The molecular weight excluding hydrogens is 360 g/mol. The molecule has 7 nitrogen and oxygen atoms in total. The molecule has 3 atom stereocenters. The van der Waals surface area contributed by atoms with Crippen LogP contribution in [0.25, 0.3) is 0 Å². The minimum Gasteiger partial charge on any atom is -0.451 e. The van der Waals surface area contributed by atoms with Gasteiger partial charge in [0.25, 0.3) is 5.91 Å². The van der Waals surface area contributed by atoms with Crippen LogP contribution in [0, 0.1) is 11.8 Å². The Morgan fingerprint density at radius 1 is 1.11 bits per heavy atom. The first-order valence-electron chi connectivity index (χ1n) is 9.50. The van der Waals surface area contributed by atoms with Gasteiger partial charge in [0.2, 0.25) is 11.8 Å². The maximum absolute atomic E-state index is 12.4.